The molecule has 0 saturated carbocycles. The summed E-state index contributed by atoms with van der Waals surface area (Å²) >= 11 is 0. The van der Waals surface area contributed by atoms with Gasteiger partial charge in [0.15, 0.2) is 0 Å². The minimum Gasteiger partial charge on any atom is -0.432 e. The van der Waals surface area contributed by atoms with Gasteiger partial charge >= 0.3 is 0 Å². The Kier molecular flexibility index (Phi) is 9.52. The first-order valence-corrected chi connectivity index (χ1v) is 7.65. The predicted octanol–water partition coefficient (Wildman–Crippen LogP) is 4.18. The van der Waals surface area contributed by atoms with Gasteiger partial charge in [0.25, 0.3) is 0 Å². The number of hydrogen-bond acceptors (Lipinski definition) is 1. The van der Waals surface area contributed by atoms with Gasteiger partial charge in [-0.05, 0) is 24.3 Å². The fourth-order valence-electron chi connectivity index (χ4n) is 1.98. The summed E-state index contributed by atoms with van der Waals surface area (Å²) in [4.78, 5) is 8.76. The molecule has 90 valence electrons. The lowest BCUT2D eigenvalue weighted by molar-refractivity contribution is 0.290. The zero-order chi connectivity index (χ0) is 11.6. The summed E-state index contributed by atoms with van der Waals surface area (Å²) in [5.74, 6) is 0. The van der Waals surface area contributed by atoms with E-state index in [0.717, 1.165) is 6.04 Å². The minimum absolute atomic E-state index is 0.146. The Balaban J connectivity index is 3.38. The highest BCUT2D eigenvalue weighted by Crippen LogP contribution is 2.29. The van der Waals surface area contributed by atoms with Crippen molar-refractivity contribution in [2.45, 2.75) is 78.2 Å². The van der Waals surface area contributed by atoms with Crippen LogP contribution in [0.25, 0.3) is 0 Å². The molecular formula is C13H28OSi. The molecule has 0 fully saturated rings. The van der Waals surface area contributed by atoms with Crippen molar-refractivity contribution in [1.29, 1.82) is 0 Å². The summed E-state index contributed by atoms with van der Waals surface area (Å²) in [7, 11) is 0.146. The molecule has 0 aromatic carbocycles. The quantitative estimate of drug-likeness (QED) is 0.439. The first kappa shape index (κ1) is 15.2. The molecule has 0 aliphatic carbocycles. The molecule has 0 rings (SSSR count). The third-order valence-corrected chi connectivity index (χ3v) is 3.68. The lowest BCUT2D eigenvalue weighted by atomic mass is 9.83. The molecular weight excluding hydrogens is 200 g/mol. The SMILES string of the molecule is CCCCCCCC(C)(C)CCC[Si]O. The summed E-state index contributed by atoms with van der Waals surface area (Å²) in [6.07, 6.45) is 10.7. The van der Waals surface area contributed by atoms with E-state index in [1.54, 1.807) is 0 Å². The molecule has 1 nitrogen and oxygen atoms in total. The topological polar surface area (TPSA) is 20.2 Å². The molecule has 0 bridgehead atoms. The Morgan fingerprint density at radius 1 is 0.933 bits per heavy atom. The molecule has 2 radical (unpaired) electrons. The summed E-state index contributed by atoms with van der Waals surface area (Å²) in [5, 5.41) is 0. The third-order valence-electron chi connectivity index (χ3n) is 3.10. The zero-order valence-electron chi connectivity index (χ0n) is 10.8. The molecule has 0 aromatic rings. The number of hydrogen-bond donors (Lipinski definition) is 1. The second-order valence-corrected chi connectivity index (χ2v) is 6.16. The maximum atomic E-state index is 8.76. The normalized spacial score (nSPS) is 12.0. The first-order chi connectivity index (χ1) is 7.12. The highest BCUT2D eigenvalue weighted by Gasteiger charge is 2.16. The largest absolute Gasteiger partial charge is 0.432 e. The standard InChI is InChI=1S/C13H28OSi/c1-4-5-6-7-8-10-13(2,3)11-9-12-15-14/h14H,4-12H2,1-3H3. The van der Waals surface area contributed by atoms with Crippen molar-refractivity contribution in [1.82, 2.24) is 0 Å². The highest BCUT2D eigenvalue weighted by molar-refractivity contribution is 6.25. The molecule has 0 atom stereocenters. The summed E-state index contributed by atoms with van der Waals surface area (Å²) in [6.45, 7) is 7.00. The molecule has 0 saturated heterocycles. The van der Waals surface area contributed by atoms with E-state index in [4.69, 9.17) is 4.80 Å². The van der Waals surface area contributed by atoms with Crippen molar-refractivity contribution in [2.24, 2.45) is 5.41 Å². The maximum absolute atomic E-state index is 8.76. The van der Waals surface area contributed by atoms with E-state index in [2.05, 4.69) is 20.8 Å². The van der Waals surface area contributed by atoms with Crippen molar-refractivity contribution in [3.8, 4) is 0 Å². The lowest BCUT2D eigenvalue weighted by Gasteiger charge is -2.24. The van der Waals surface area contributed by atoms with Crippen LogP contribution in [-0.2, 0) is 0 Å². The Bertz CT molecular complexity index is 134. The van der Waals surface area contributed by atoms with Crippen LogP contribution in [0, 0.1) is 5.41 Å². The van der Waals surface area contributed by atoms with Crippen molar-refractivity contribution >= 4 is 9.76 Å². The van der Waals surface area contributed by atoms with Crippen molar-refractivity contribution in [3.05, 3.63) is 0 Å². The Morgan fingerprint density at radius 2 is 1.53 bits per heavy atom. The smallest absolute Gasteiger partial charge is 0.224 e. The molecule has 0 amide bonds. The van der Waals surface area contributed by atoms with Gasteiger partial charge in [-0.1, -0.05) is 59.3 Å². The average molecular weight is 228 g/mol. The molecule has 0 heterocycles. The molecule has 0 aromatic heterocycles. The molecule has 0 spiro atoms. The Hall–Kier alpha value is 0.177. The van der Waals surface area contributed by atoms with Gasteiger partial charge < -0.3 is 4.80 Å². The van der Waals surface area contributed by atoms with Gasteiger partial charge in [0.1, 0.15) is 0 Å². The van der Waals surface area contributed by atoms with E-state index >= 15 is 0 Å². The fourth-order valence-corrected chi connectivity index (χ4v) is 2.31. The molecule has 0 aliphatic rings. The monoisotopic (exact) mass is 228 g/mol. The van der Waals surface area contributed by atoms with Crippen LogP contribution >= 0.6 is 0 Å². The van der Waals surface area contributed by atoms with Crippen molar-refractivity contribution in [3.63, 3.8) is 0 Å². The van der Waals surface area contributed by atoms with Gasteiger partial charge in [-0.2, -0.15) is 0 Å². The number of unbranched alkanes of at least 4 members (excludes halogenated alkanes) is 4. The number of rotatable bonds is 10. The van der Waals surface area contributed by atoms with E-state index < -0.39 is 0 Å². The van der Waals surface area contributed by atoms with Gasteiger partial charge in [0.2, 0.25) is 9.76 Å². The fraction of sp³-hybridized carbons (Fsp3) is 1.00. The molecule has 1 N–H and O–H groups in total. The van der Waals surface area contributed by atoms with Gasteiger partial charge in [0, 0.05) is 0 Å². The van der Waals surface area contributed by atoms with E-state index in [1.165, 1.54) is 51.4 Å². The molecule has 2 heteroatoms. The van der Waals surface area contributed by atoms with Crippen LogP contribution in [0.4, 0.5) is 0 Å². The highest BCUT2D eigenvalue weighted by atomic mass is 28.2. The van der Waals surface area contributed by atoms with Gasteiger partial charge in [-0.15, -0.1) is 0 Å². The predicted molar refractivity (Wildman–Crippen MR) is 69.2 cm³/mol. The molecule has 0 unspecified atom stereocenters. The lowest BCUT2D eigenvalue weighted by Crippen LogP contribution is -2.11. The van der Waals surface area contributed by atoms with E-state index in [0.29, 0.717) is 5.41 Å². The Labute approximate surface area is 98.6 Å². The van der Waals surface area contributed by atoms with Crippen LogP contribution in [-0.4, -0.2) is 14.6 Å². The second kappa shape index (κ2) is 9.41. The van der Waals surface area contributed by atoms with Gasteiger partial charge in [-0.3, -0.25) is 0 Å². The first-order valence-electron chi connectivity index (χ1n) is 6.49. The Morgan fingerprint density at radius 3 is 2.13 bits per heavy atom. The zero-order valence-corrected chi connectivity index (χ0v) is 11.8. The van der Waals surface area contributed by atoms with Crippen LogP contribution in [0.2, 0.25) is 6.04 Å². The summed E-state index contributed by atoms with van der Waals surface area (Å²) in [6, 6.07) is 0.999. The van der Waals surface area contributed by atoms with E-state index in [-0.39, 0.29) is 9.76 Å². The maximum Gasteiger partial charge on any atom is 0.224 e. The van der Waals surface area contributed by atoms with Crippen LogP contribution in [0.3, 0.4) is 0 Å². The van der Waals surface area contributed by atoms with Gasteiger partial charge in [-0.25, -0.2) is 0 Å². The van der Waals surface area contributed by atoms with Crippen LogP contribution in [0.5, 0.6) is 0 Å². The summed E-state index contributed by atoms with van der Waals surface area (Å²) < 4.78 is 0. The van der Waals surface area contributed by atoms with Crippen molar-refractivity contribution < 1.29 is 4.80 Å². The molecule has 0 aliphatic heterocycles. The van der Waals surface area contributed by atoms with E-state index in [1.807, 2.05) is 0 Å². The van der Waals surface area contributed by atoms with E-state index in [9.17, 15) is 0 Å². The minimum atomic E-state index is 0.146. The summed E-state index contributed by atoms with van der Waals surface area (Å²) in [5.41, 5.74) is 0.492. The third kappa shape index (κ3) is 10.5. The van der Waals surface area contributed by atoms with Crippen LogP contribution in [0.15, 0.2) is 0 Å². The van der Waals surface area contributed by atoms with Gasteiger partial charge in [0.05, 0.1) is 0 Å². The van der Waals surface area contributed by atoms with Crippen LogP contribution < -0.4 is 0 Å². The second-order valence-electron chi connectivity index (χ2n) is 5.34. The molecule has 15 heavy (non-hydrogen) atoms. The average Bonchev–Trinajstić information content (AvgIpc) is 2.17. The van der Waals surface area contributed by atoms with Crippen molar-refractivity contribution in [2.75, 3.05) is 0 Å². The van der Waals surface area contributed by atoms with Crippen LogP contribution in [0.1, 0.15) is 72.1 Å².